The van der Waals surface area contributed by atoms with Gasteiger partial charge in [-0.15, -0.1) is 0 Å². The van der Waals surface area contributed by atoms with Crippen molar-refractivity contribution in [3.8, 4) is 0 Å². The number of carbonyl (C=O) groups is 1. The molecule has 1 aliphatic rings. The number of pyridine rings is 1. The number of likely N-dealkylation sites (tertiary alicyclic amines) is 1. The molecule has 0 saturated carbocycles. The maximum absolute atomic E-state index is 12.7. The lowest BCUT2D eigenvalue weighted by molar-refractivity contribution is 0.0566. The van der Waals surface area contributed by atoms with Crippen LogP contribution < -0.4 is 4.90 Å². The SMILES string of the molecule is CC[C@H](C)N(C(=O)OC(C)(C)C)c1ccc([C@H]2CCCCN2C)cn1. The predicted molar refractivity (Wildman–Crippen MR) is 102 cm³/mol. The molecule has 5 nitrogen and oxygen atoms in total. The van der Waals surface area contributed by atoms with Crippen molar-refractivity contribution in [1.29, 1.82) is 0 Å². The molecule has 0 N–H and O–H groups in total. The second-order valence-electron chi connectivity index (χ2n) is 8.05. The first-order valence-electron chi connectivity index (χ1n) is 9.41. The van der Waals surface area contributed by atoms with Gasteiger partial charge < -0.3 is 4.74 Å². The predicted octanol–water partition coefficient (Wildman–Crippen LogP) is 4.78. The number of piperidine rings is 1. The van der Waals surface area contributed by atoms with E-state index in [1.165, 1.54) is 24.8 Å². The molecule has 1 saturated heterocycles. The molecule has 1 fully saturated rings. The summed E-state index contributed by atoms with van der Waals surface area (Å²) >= 11 is 0. The molecular weight excluding hydrogens is 314 g/mol. The van der Waals surface area contributed by atoms with Gasteiger partial charge in [0.15, 0.2) is 0 Å². The molecule has 0 bridgehead atoms. The van der Waals surface area contributed by atoms with E-state index in [0.717, 1.165) is 13.0 Å². The third-order valence-electron chi connectivity index (χ3n) is 4.79. The van der Waals surface area contributed by atoms with Gasteiger partial charge in [-0.3, -0.25) is 9.80 Å². The number of anilines is 1. The second kappa shape index (κ2) is 8.17. The van der Waals surface area contributed by atoms with Crippen LogP contribution in [0.4, 0.5) is 10.6 Å². The Balaban J connectivity index is 2.21. The Bertz CT molecular complexity index is 565. The zero-order valence-corrected chi connectivity index (χ0v) is 16.6. The number of rotatable bonds is 4. The van der Waals surface area contributed by atoms with E-state index in [9.17, 15) is 4.79 Å². The second-order valence-corrected chi connectivity index (χ2v) is 8.05. The van der Waals surface area contributed by atoms with E-state index in [4.69, 9.17) is 4.74 Å². The van der Waals surface area contributed by atoms with Crippen molar-refractivity contribution in [2.45, 2.75) is 78.0 Å². The van der Waals surface area contributed by atoms with Gasteiger partial charge in [-0.25, -0.2) is 9.78 Å². The van der Waals surface area contributed by atoms with Crippen molar-refractivity contribution in [3.05, 3.63) is 23.9 Å². The first-order valence-corrected chi connectivity index (χ1v) is 9.41. The molecule has 0 aliphatic carbocycles. The summed E-state index contributed by atoms with van der Waals surface area (Å²) in [6.07, 6.45) is 6.11. The lowest BCUT2D eigenvalue weighted by Crippen LogP contribution is -2.42. The van der Waals surface area contributed by atoms with Gasteiger partial charge in [-0.05, 0) is 72.2 Å². The minimum absolute atomic E-state index is 0.0329. The number of nitrogens with zero attached hydrogens (tertiary/aromatic N) is 3. The first-order chi connectivity index (χ1) is 11.7. The van der Waals surface area contributed by atoms with Gasteiger partial charge in [0.2, 0.25) is 0 Å². The van der Waals surface area contributed by atoms with Gasteiger partial charge in [0.25, 0.3) is 0 Å². The quantitative estimate of drug-likeness (QED) is 0.786. The van der Waals surface area contributed by atoms with Gasteiger partial charge in [0.05, 0.1) is 0 Å². The van der Waals surface area contributed by atoms with E-state index in [1.807, 2.05) is 40.0 Å². The molecule has 0 spiro atoms. The Morgan fingerprint density at radius 2 is 2.12 bits per heavy atom. The summed E-state index contributed by atoms with van der Waals surface area (Å²) < 4.78 is 5.58. The van der Waals surface area contributed by atoms with Crippen LogP contribution in [0.25, 0.3) is 0 Å². The summed E-state index contributed by atoms with van der Waals surface area (Å²) in [6, 6.07) is 4.52. The lowest BCUT2D eigenvalue weighted by atomic mass is 9.97. The molecule has 1 aliphatic heterocycles. The smallest absolute Gasteiger partial charge is 0.416 e. The monoisotopic (exact) mass is 347 g/mol. The fourth-order valence-electron chi connectivity index (χ4n) is 3.23. The molecule has 0 unspecified atom stereocenters. The fraction of sp³-hybridized carbons (Fsp3) is 0.700. The van der Waals surface area contributed by atoms with E-state index in [2.05, 4.69) is 29.9 Å². The van der Waals surface area contributed by atoms with Gasteiger partial charge >= 0.3 is 6.09 Å². The molecule has 1 aromatic rings. The lowest BCUT2D eigenvalue weighted by Gasteiger charge is -2.33. The summed E-state index contributed by atoms with van der Waals surface area (Å²) in [5.41, 5.74) is 0.701. The van der Waals surface area contributed by atoms with Gasteiger partial charge in [0.1, 0.15) is 11.4 Å². The molecule has 0 radical (unpaired) electrons. The Morgan fingerprint density at radius 1 is 1.40 bits per heavy atom. The number of carbonyl (C=O) groups excluding carboxylic acids is 1. The van der Waals surface area contributed by atoms with Gasteiger partial charge in [-0.1, -0.05) is 19.4 Å². The number of hydrogen-bond acceptors (Lipinski definition) is 4. The highest BCUT2D eigenvalue weighted by molar-refractivity contribution is 5.87. The van der Waals surface area contributed by atoms with Crippen molar-refractivity contribution in [3.63, 3.8) is 0 Å². The summed E-state index contributed by atoms with van der Waals surface area (Å²) in [5.74, 6) is 0.658. The molecule has 1 amide bonds. The van der Waals surface area contributed by atoms with Crippen molar-refractivity contribution in [2.75, 3.05) is 18.5 Å². The minimum atomic E-state index is -0.520. The third kappa shape index (κ3) is 5.18. The van der Waals surface area contributed by atoms with Crippen LogP contribution in [0, 0.1) is 0 Å². The third-order valence-corrected chi connectivity index (χ3v) is 4.79. The molecule has 5 heteroatoms. The summed E-state index contributed by atoms with van der Waals surface area (Å²) in [7, 11) is 2.17. The fourth-order valence-corrected chi connectivity index (χ4v) is 3.23. The Hall–Kier alpha value is -1.62. The highest BCUT2D eigenvalue weighted by Crippen LogP contribution is 2.30. The highest BCUT2D eigenvalue weighted by atomic mass is 16.6. The van der Waals surface area contributed by atoms with Gasteiger partial charge in [0, 0.05) is 18.3 Å². The number of hydrogen-bond donors (Lipinski definition) is 0. The van der Waals surface area contributed by atoms with Crippen molar-refractivity contribution in [2.24, 2.45) is 0 Å². The molecule has 25 heavy (non-hydrogen) atoms. The Morgan fingerprint density at radius 3 is 2.64 bits per heavy atom. The van der Waals surface area contributed by atoms with Crippen LogP contribution in [0.3, 0.4) is 0 Å². The summed E-state index contributed by atoms with van der Waals surface area (Å²) in [4.78, 5) is 21.3. The average molecular weight is 348 g/mol. The summed E-state index contributed by atoms with van der Waals surface area (Å²) in [6.45, 7) is 10.9. The van der Waals surface area contributed by atoms with Crippen molar-refractivity contribution >= 4 is 11.9 Å². The van der Waals surface area contributed by atoms with E-state index in [0.29, 0.717) is 11.9 Å². The van der Waals surface area contributed by atoms with Crippen LogP contribution in [0.2, 0.25) is 0 Å². The highest BCUT2D eigenvalue weighted by Gasteiger charge is 2.28. The normalized spacial score (nSPS) is 20.2. The first kappa shape index (κ1) is 19.7. The molecule has 2 rings (SSSR count). The van der Waals surface area contributed by atoms with E-state index >= 15 is 0 Å². The van der Waals surface area contributed by atoms with Crippen molar-refractivity contribution in [1.82, 2.24) is 9.88 Å². The van der Waals surface area contributed by atoms with Crippen LogP contribution >= 0.6 is 0 Å². The van der Waals surface area contributed by atoms with E-state index < -0.39 is 5.60 Å². The maximum atomic E-state index is 12.7. The molecular formula is C20H33N3O2. The number of ether oxygens (including phenoxy) is 1. The molecule has 140 valence electrons. The number of amides is 1. The van der Waals surface area contributed by atoms with Crippen LogP contribution in [0.1, 0.15) is 71.9 Å². The average Bonchev–Trinajstić information content (AvgIpc) is 2.54. The van der Waals surface area contributed by atoms with E-state index in [-0.39, 0.29) is 12.1 Å². The largest absolute Gasteiger partial charge is 0.443 e. The minimum Gasteiger partial charge on any atom is -0.443 e. The molecule has 2 heterocycles. The Labute approximate surface area is 152 Å². The van der Waals surface area contributed by atoms with Crippen LogP contribution in [0.15, 0.2) is 18.3 Å². The zero-order valence-electron chi connectivity index (χ0n) is 16.6. The topological polar surface area (TPSA) is 45.7 Å². The van der Waals surface area contributed by atoms with Gasteiger partial charge in [-0.2, -0.15) is 0 Å². The molecule has 1 aromatic heterocycles. The zero-order chi connectivity index (χ0) is 18.6. The number of aromatic nitrogens is 1. The summed E-state index contributed by atoms with van der Waals surface area (Å²) in [5, 5.41) is 0. The van der Waals surface area contributed by atoms with Crippen LogP contribution in [-0.4, -0.2) is 41.2 Å². The van der Waals surface area contributed by atoms with Crippen LogP contribution in [0.5, 0.6) is 0 Å². The standard InChI is InChI=1S/C20H33N3O2/c1-7-15(2)23(19(24)25-20(3,4)5)18-12-11-16(14-21-18)17-10-8-9-13-22(17)6/h11-12,14-15,17H,7-10,13H2,1-6H3/t15-,17+/m0/s1. The van der Waals surface area contributed by atoms with Crippen molar-refractivity contribution < 1.29 is 9.53 Å². The molecule has 2 atom stereocenters. The maximum Gasteiger partial charge on any atom is 0.416 e. The van der Waals surface area contributed by atoms with Crippen LogP contribution in [-0.2, 0) is 4.74 Å². The Kier molecular flexibility index (Phi) is 6.44. The molecule has 0 aromatic carbocycles. The van der Waals surface area contributed by atoms with E-state index in [1.54, 1.807) is 4.90 Å².